The van der Waals surface area contributed by atoms with Crippen LogP contribution in [-0.2, 0) is 14.9 Å². The van der Waals surface area contributed by atoms with Crippen molar-refractivity contribution in [1.29, 1.82) is 0 Å². The van der Waals surface area contributed by atoms with Crippen molar-refractivity contribution in [3.8, 4) is 22.5 Å². The summed E-state index contributed by atoms with van der Waals surface area (Å²) in [6, 6.07) is 19.0. The quantitative estimate of drug-likeness (QED) is 0.431. The van der Waals surface area contributed by atoms with Gasteiger partial charge in [0.25, 0.3) is 0 Å². The first-order chi connectivity index (χ1) is 15.4. The summed E-state index contributed by atoms with van der Waals surface area (Å²) in [7, 11) is 1.42. The molecule has 2 aromatic heterocycles. The molecule has 0 amide bonds. The monoisotopic (exact) mass is 427 g/mol. The zero-order valence-electron chi connectivity index (χ0n) is 17.7. The number of carbonyl (C=O) groups is 2. The van der Waals surface area contributed by atoms with E-state index in [1.165, 1.54) is 7.11 Å². The summed E-state index contributed by atoms with van der Waals surface area (Å²) in [6.45, 7) is 1.83. The number of benzene rings is 2. The van der Waals surface area contributed by atoms with E-state index in [4.69, 9.17) is 9.15 Å². The van der Waals surface area contributed by atoms with Gasteiger partial charge in [-0.05, 0) is 48.6 Å². The lowest BCUT2D eigenvalue weighted by molar-refractivity contribution is -0.143. The molecule has 0 aliphatic heterocycles. The first-order valence-electron chi connectivity index (χ1n) is 10.4. The molecule has 2 heterocycles. The van der Waals surface area contributed by atoms with Gasteiger partial charge in [-0.25, -0.2) is 9.78 Å². The molecule has 0 spiro atoms. The average Bonchev–Trinajstić information content (AvgIpc) is 3.53. The maximum atomic E-state index is 12.1. The molecule has 0 bridgehead atoms. The van der Waals surface area contributed by atoms with Crippen LogP contribution < -0.4 is 0 Å². The van der Waals surface area contributed by atoms with Gasteiger partial charge >= 0.3 is 11.9 Å². The van der Waals surface area contributed by atoms with Crippen LogP contribution in [0.4, 0.5) is 0 Å². The van der Waals surface area contributed by atoms with Gasteiger partial charge in [-0.2, -0.15) is 0 Å². The molecule has 160 valence electrons. The van der Waals surface area contributed by atoms with Gasteiger partial charge < -0.3 is 14.3 Å². The molecule has 6 nitrogen and oxygen atoms in total. The summed E-state index contributed by atoms with van der Waals surface area (Å²) in [6.07, 6.45) is 1.62. The van der Waals surface area contributed by atoms with Crippen LogP contribution in [0.3, 0.4) is 0 Å². The Labute approximate surface area is 184 Å². The minimum absolute atomic E-state index is 0.113. The van der Waals surface area contributed by atoms with Crippen LogP contribution in [0.1, 0.15) is 34.5 Å². The third-order valence-electron chi connectivity index (χ3n) is 6.15. The standard InChI is InChI=1S/C26H21NO5/c1-15-3-12-20-21(24(28)29)22(32-23(20)27-15)18-6-4-16(5-7-18)17-8-10-19(11-9-17)26(13-14-26)25(30)31-2/h3-12H,13-14H2,1-2H3,(H,28,29). The number of fused-ring (bicyclic) bond motifs is 1. The second kappa shape index (κ2) is 7.34. The lowest BCUT2D eigenvalue weighted by Crippen LogP contribution is -2.21. The molecular formula is C26H21NO5. The van der Waals surface area contributed by atoms with Gasteiger partial charge in [0.15, 0.2) is 5.76 Å². The Bertz CT molecular complexity index is 1350. The fraction of sp³-hybridized carbons (Fsp3) is 0.192. The molecule has 5 rings (SSSR count). The number of pyridine rings is 1. The SMILES string of the molecule is COC(=O)C1(c2ccc(-c3ccc(-c4oc5nc(C)ccc5c4C(=O)O)cc3)cc2)CC1. The van der Waals surface area contributed by atoms with Gasteiger partial charge in [0, 0.05) is 11.3 Å². The number of carboxylic acids is 1. The van der Waals surface area contributed by atoms with Gasteiger partial charge in [0.05, 0.1) is 17.9 Å². The van der Waals surface area contributed by atoms with E-state index in [0.717, 1.165) is 35.2 Å². The number of aryl methyl sites for hydroxylation is 1. The Kier molecular flexibility index (Phi) is 4.59. The molecular weight excluding hydrogens is 406 g/mol. The highest BCUT2D eigenvalue weighted by Gasteiger charge is 2.52. The Balaban J connectivity index is 1.47. The summed E-state index contributed by atoms with van der Waals surface area (Å²) in [5.41, 5.74) is 4.32. The number of nitrogens with zero attached hydrogens (tertiary/aromatic N) is 1. The molecule has 1 saturated carbocycles. The second-order valence-electron chi connectivity index (χ2n) is 8.15. The number of aromatic carboxylic acids is 1. The summed E-state index contributed by atoms with van der Waals surface area (Å²) in [5, 5.41) is 10.2. The van der Waals surface area contributed by atoms with Crippen LogP contribution in [0.5, 0.6) is 0 Å². The first kappa shape index (κ1) is 20.0. The topological polar surface area (TPSA) is 89.6 Å². The number of hydrogen-bond donors (Lipinski definition) is 1. The molecule has 1 aliphatic rings. The summed E-state index contributed by atoms with van der Waals surface area (Å²) in [5.74, 6) is -0.940. The highest BCUT2D eigenvalue weighted by Crippen LogP contribution is 2.49. The predicted molar refractivity (Wildman–Crippen MR) is 120 cm³/mol. The van der Waals surface area contributed by atoms with Gasteiger partial charge in [-0.1, -0.05) is 48.5 Å². The zero-order chi connectivity index (χ0) is 22.5. The van der Waals surface area contributed by atoms with Gasteiger partial charge in [0.1, 0.15) is 5.56 Å². The van der Waals surface area contributed by atoms with E-state index < -0.39 is 11.4 Å². The van der Waals surface area contributed by atoms with Crippen molar-refractivity contribution in [1.82, 2.24) is 4.98 Å². The van der Waals surface area contributed by atoms with E-state index in [1.807, 2.05) is 55.5 Å². The largest absolute Gasteiger partial charge is 0.478 e. The van der Waals surface area contributed by atoms with E-state index in [9.17, 15) is 14.7 Å². The van der Waals surface area contributed by atoms with Crippen LogP contribution in [0.2, 0.25) is 0 Å². The average molecular weight is 427 g/mol. The molecule has 4 aromatic rings. The summed E-state index contributed by atoms with van der Waals surface area (Å²) >= 11 is 0. The van der Waals surface area contributed by atoms with Crippen LogP contribution in [0.25, 0.3) is 33.6 Å². The van der Waals surface area contributed by atoms with Crippen LogP contribution >= 0.6 is 0 Å². The maximum Gasteiger partial charge on any atom is 0.340 e. The van der Waals surface area contributed by atoms with Gasteiger partial charge in [-0.3, -0.25) is 4.79 Å². The lowest BCUT2D eigenvalue weighted by atomic mass is 9.93. The molecule has 1 N–H and O–H groups in total. The van der Waals surface area contributed by atoms with Gasteiger partial charge in [-0.15, -0.1) is 0 Å². The van der Waals surface area contributed by atoms with Crippen LogP contribution in [0, 0.1) is 6.92 Å². The smallest absolute Gasteiger partial charge is 0.340 e. The highest BCUT2D eigenvalue weighted by molar-refractivity contribution is 6.07. The highest BCUT2D eigenvalue weighted by atomic mass is 16.5. The summed E-state index contributed by atoms with van der Waals surface area (Å²) in [4.78, 5) is 28.3. The molecule has 1 fully saturated rings. The van der Waals surface area contributed by atoms with E-state index in [1.54, 1.807) is 12.1 Å². The van der Waals surface area contributed by atoms with Gasteiger partial charge in [0.2, 0.25) is 5.71 Å². The Morgan fingerprint density at radius 2 is 1.53 bits per heavy atom. The van der Waals surface area contributed by atoms with E-state index in [2.05, 4.69) is 4.98 Å². The minimum Gasteiger partial charge on any atom is -0.478 e. The van der Waals surface area contributed by atoms with Crippen LogP contribution in [0.15, 0.2) is 65.1 Å². The number of carbonyl (C=O) groups excluding carboxylic acids is 1. The van der Waals surface area contributed by atoms with E-state index in [0.29, 0.717) is 22.4 Å². The second-order valence-corrected chi connectivity index (χ2v) is 8.15. The van der Waals surface area contributed by atoms with Crippen molar-refractivity contribution in [2.24, 2.45) is 0 Å². The number of hydrogen-bond acceptors (Lipinski definition) is 5. The molecule has 0 radical (unpaired) electrons. The van der Waals surface area contributed by atoms with Crippen LogP contribution in [-0.4, -0.2) is 29.1 Å². The normalized spacial score (nSPS) is 14.3. The molecule has 32 heavy (non-hydrogen) atoms. The number of furan rings is 1. The van der Waals surface area contributed by atoms with E-state index >= 15 is 0 Å². The number of ether oxygens (including phenoxy) is 1. The molecule has 2 aromatic carbocycles. The Morgan fingerprint density at radius 3 is 2.09 bits per heavy atom. The van der Waals surface area contributed by atoms with Crippen molar-refractivity contribution in [3.63, 3.8) is 0 Å². The van der Waals surface area contributed by atoms with Crippen molar-refractivity contribution in [2.75, 3.05) is 7.11 Å². The van der Waals surface area contributed by atoms with Crippen molar-refractivity contribution >= 4 is 23.0 Å². The first-order valence-corrected chi connectivity index (χ1v) is 10.4. The Morgan fingerprint density at radius 1 is 0.938 bits per heavy atom. The number of carboxylic acid groups (broad SMARTS) is 1. The van der Waals surface area contributed by atoms with Crippen molar-refractivity contribution in [2.45, 2.75) is 25.2 Å². The molecule has 6 heteroatoms. The van der Waals surface area contributed by atoms with E-state index in [-0.39, 0.29) is 11.5 Å². The molecule has 0 saturated heterocycles. The third-order valence-corrected chi connectivity index (χ3v) is 6.15. The van der Waals surface area contributed by atoms with Crippen molar-refractivity contribution < 1.29 is 23.8 Å². The molecule has 0 atom stereocenters. The predicted octanol–water partition coefficient (Wildman–Crippen LogP) is 5.37. The fourth-order valence-corrected chi connectivity index (χ4v) is 4.21. The number of methoxy groups -OCH3 is 1. The van der Waals surface area contributed by atoms with Crippen molar-refractivity contribution in [3.05, 3.63) is 77.5 Å². The molecule has 1 aliphatic carbocycles. The number of rotatable bonds is 5. The third kappa shape index (κ3) is 3.15. The fourth-order valence-electron chi connectivity index (χ4n) is 4.21. The zero-order valence-corrected chi connectivity index (χ0v) is 17.7. The number of esters is 1. The maximum absolute atomic E-state index is 12.1. The molecule has 0 unspecified atom stereocenters. The minimum atomic E-state index is -1.05. The number of aromatic nitrogens is 1. The summed E-state index contributed by atoms with van der Waals surface area (Å²) < 4.78 is 10.8. The lowest BCUT2D eigenvalue weighted by Gasteiger charge is -2.13. The Hall–Kier alpha value is -3.93.